The predicted molar refractivity (Wildman–Crippen MR) is 148 cm³/mol. The molecular weight excluding hydrogens is 444 g/mol. The fourth-order valence-electron chi connectivity index (χ4n) is 5.47. The highest BCUT2D eigenvalue weighted by Gasteiger charge is 2.33. The lowest BCUT2D eigenvalue weighted by Gasteiger charge is -2.37. The molecule has 4 heteroatoms. The molecule has 0 amide bonds. The van der Waals surface area contributed by atoms with E-state index in [2.05, 4.69) is 90.4 Å². The minimum atomic E-state index is 0.239. The number of unbranched alkanes of at least 4 members (excludes halogenated alkanes) is 3. The first kappa shape index (κ1) is 23.2. The van der Waals surface area contributed by atoms with Crippen LogP contribution in [0.1, 0.15) is 32.6 Å². The topological polar surface area (TPSA) is 36.3 Å². The molecule has 1 aromatic heterocycles. The number of nitrogens with zero attached hydrogens (tertiary/aromatic N) is 2. The third kappa shape index (κ3) is 4.40. The van der Waals surface area contributed by atoms with E-state index >= 15 is 0 Å². The minimum absolute atomic E-state index is 0.239. The third-order valence-electron chi connectivity index (χ3n) is 7.43. The summed E-state index contributed by atoms with van der Waals surface area (Å²) in [5.74, 6) is 1.06. The number of hydrogen-bond acceptors (Lipinski definition) is 3. The van der Waals surface area contributed by atoms with Crippen molar-refractivity contribution in [3.05, 3.63) is 78.9 Å². The second kappa shape index (κ2) is 10.0. The Labute approximate surface area is 212 Å². The number of ether oxygens (including phenoxy) is 2. The maximum atomic E-state index is 5.92. The summed E-state index contributed by atoms with van der Waals surface area (Å²) in [5, 5.41) is 5.07. The Morgan fingerprint density at radius 3 is 2.14 bits per heavy atom. The van der Waals surface area contributed by atoms with Crippen LogP contribution >= 0.6 is 0 Å². The van der Waals surface area contributed by atoms with Crippen LogP contribution in [0.25, 0.3) is 44.0 Å². The molecule has 0 radical (unpaired) electrons. The minimum Gasteiger partial charge on any atom is -0.381 e. The monoisotopic (exact) mass is 478 g/mol. The van der Waals surface area contributed by atoms with Gasteiger partial charge in [-0.05, 0) is 23.6 Å². The smallest absolute Gasteiger partial charge is 0.141 e. The zero-order chi connectivity index (χ0) is 24.4. The van der Waals surface area contributed by atoms with Gasteiger partial charge in [-0.25, -0.2) is 4.98 Å². The molecule has 6 rings (SSSR count). The largest absolute Gasteiger partial charge is 0.381 e. The van der Waals surface area contributed by atoms with Crippen molar-refractivity contribution in [3.63, 3.8) is 0 Å². The summed E-state index contributed by atoms with van der Waals surface area (Å²) in [6, 6.07) is 28.1. The van der Waals surface area contributed by atoms with E-state index in [0.29, 0.717) is 0 Å². The highest BCUT2D eigenvalue weighted by molar-refractivity contribution is 6.23. The third-order valence-corrected chi connectivity index (χ3v) is 7.43. The summed E-state index contributed by atoms with van der Waals surface area (Å²) >= 11 is 0. The van der Waals surface area contributed by atoms with Gasteiger partial charge in [-0.1, -0.05) is 98.6 Å². The van der Waals surface area contributed by atoms with Crippen molar-refractivity contribution >= 4 is 32.6 Å². The molecule has 0 saturated carbocycles. The van der Waals surface area contributed by atoms with Crippen LogP contribution in [-0.4, -0.2) is 36.0 Å². The van der Waals surface area contributed by atoms with Gasteiger partial charge in [-0.2, -0.15) is 0 Å². The number of benzene rings is 4. The lowest BCUT2D eigenvalue weighted by atomic mass is 9.90. The van der Waals surface area contributed by atoms with Crippen LogP contribution in [0.4, 0.5) is 0 Å². The highest BCUT2D eigenvalue weighted by atomic mass is 16.5. The molecule has 0 N–H and O–H groups in total. The van der Waals surface area contributed by atoms with Crippen molar-refractivity contribution in [2.75, 3.05) is 26.4 Å². The second-order valence-corrected chi connectivity index (χ2v) is 10.5. The van der Waals surface area contributed by atoms with Gasteiger partial charge in [0.2, 0.25) is 0 Å². The van der Waals surface area contributed by atoms with Crippen LogP contribution in [0.5, 0.6) is 0 Å². The Hall–Kier alpha value is -3.21. The number of rotatable bonds is 10. The van der Waals surface area contributed by atoms with E-state index in [-0.39, 0.29) is 5.41 Å². The maximum Gasteiger partial charge on any atom is 0.141 e. The van der Waals surface area contributed by atoms with Gasteiger partial charge < -0.3 is 14.0 Å². The van der Waals surface area contributed by atoms with E-state index in [1.54, 1.807) is 0 Å². The number of hydrogen-bond donors (Lipinski definition) is 0. The molecule has 0 aliphatic carbocycles. The standard InChI is InChI=1S/C32H34N2O2/c1-32(22-36-23-32)21-35-20-12-3-2-11-19-34-30-28-18-10-8-16-26(28)25-15-7-9-17-27(25)29(30)33-31(34)24-13-5-4-6-14-24/h4-10,13-18H,2-3,11-12,19-23H2,1H3. The van der Waals surface area contributed by atoms with Gasteiger partial charge in [0.05, 0.1) is 30.9 Å². The molecule has 4 aromatic carbocycles. The summed E-state index contributed by atoms with van der Waals surface area (Å²) in [4.78, 5) is 5.27. The lowest BCUT2D eigenvalue weighted by molar-refractivity contribution is -0.137. The summed E-state index contributed by atoms with van der Waals surface area (Å²) in [6.07, 6.45) is 4.60. The van der Waals surface area contributed by atoms with Crippen LogP contribution in [0.3, 0.4) is 0 Å². The summed E-state index contributed by atoms with van der Waals surface area (Å²) in [5.41, 5.74) is 3.76. The Balaban J connectivity index is 1.27. The van der Waals surface area contributed by atoms with Crippen molar-refractivity contribution in [2.24, 2.45) is 5.41 Å². The fraction of sp³-hybridized carbons (Fsp3) is 0.344. The number of imidazole rings is 1. The maximum absolute atomic E-state index is 5.92. The molecule has 1 aliphatic rings. The molecule has 0 bridgehead atoms. The summed E-state index contributed by atoms with van der Waals surface area (Å²) in [6.45, 7) is 6.52. The molecular formula is C32H34N2O2. The van der Waals surface area contributed by atoms with Gasteiger partial charge in [-0.15, -0.1) is 0 Å². The zero-order valence-corrected chi connectivity index (χ0v) is 21.1. The van der Waals surface area contributed by atoms with Gasteiger partial charge in [0.25, 0.3) is 0 Å². The van der Waals surface area contributed by atoms with Gasteiger partial charge in [0.15, 0.2) is 0 Å². The molecule has 1 aliphatic heterocycles. The van der Waals surface area contributed by atoms with Gasteiger partial charge in [-0.3, -0.25) is 0 Å². The van der Waals surface area contributed by atoms with Gasteiger partial charge >= 0.3 is 0 Å². The average molecular weight is 479 g/mol. The molecule has 2 heterocycles. The highest BCUT2D eigenvalue weighted by Crippen LogP contribution is 2.37. The van der Waals surface area contributed by atoms with Crippen molar-refractivity contribution in [3.8, 4) is 11.4 Å². The van der Waals surface area contributed by atoms with Crippen molar-refractivity contribution in [2.45, 2.75) is 39.2 Å². The van der Waals surface area contributed by atoms with E-state index in [1.165, 1.54) is 45.5 Å². The van der Waals surface area contributed by atoms with E-state index in [9.17, 15) is 0 Å². The van der Waals surface area contributed by atoms with Crippen LogP contribution in [0, 0.1) is 5.41 Å². The Kier molecular flexibility index (Phi) is 6.47. The first-order valence-electron chi connectivity index (χ1n) is 13.2. The Bertz CT molecular complexity index is 1480. The van der Waals surface area contributed by atoms with Crippen LogP contribution in [0.15, 0.2) is 78.9 Å². The molecule has 0 unspecified atom stereocenters. The Morgan fingerprint density at radius 2 is 1.42 bits per heavy atom. The number of fused-ring (bicyclic) bond motifs is 6. The molecule has 1 fully saturated rings. The quantitative estimate of drug-likeness (QED) is 0.153. The van der Waals surface area contributed by atoms with Crippen molar-refractivity contribution in [1.82, 2.24) is 9.55 Å². The SMILES string of the molecule is CC1(COCCCCCCn2c(-c3ccccc3)nc3c4ccccc4c4ccccc4c32)COC1. The molecule has 1 saturated heterocycles. The lowest BCUT2D eigenvalue weighted by Crippen LogP contribution is -2.43. The molecule has 5 aromatic rings. The molecule has 4 nitrogen and oxygen atoms in total. The van der Waals surface area contributed by atoms with E-state index in [0.717, 1.165) is 57.2 Å². The first-order chi connectivity index (χ1) is 17.7. The fourth-order valence-corrected chi connectivity index (χ4v) is 5.47. The normalized spacial score (nSPS) is 15.0. The number of aromatic nitrogens is 2. The van der Waals surface area contributed by atoms with E-state index in [4.69, 9.17) is 14.5 Å². The zero-order valence-electron chi connectivity index (χ0n) is 21.1. The first-order valence-corrected chi connectivity index (χ1v) is 13.2. The molecule has 36 heavy (non-hydrogen) atoms. The molecule has 184 valence electrons. The summed E-state index contributed by atoms with van der Waals surface area (Å²) in [7, 11) is 0. The Morgan fingerprint density at radius 1 is 0.778 bits per heavy atom. The van der Waals surface area contributed by atoms with E-state index in [1.807, 2.05) is 0 Å². The number of aryl methyl sites for hydroxylation is 1. The van der Waals surface area contributed by atoms with Crippen molar-refractivity contribution in [1.29, 1.82) is 0 Å². The molecule has 0 spiro atoms. The molecule has 0 atom stereocenters. The van der Waals surface area contributed by atoms with Crippen molar-refractivity contribution < 1.29 is 9.47 Å². The van der Waals surface area contributed by atoms with Crippen LogP contribution in [0.2, 0.25) is 0 Å². The van der Waals surface area contributed by atoms with Gasteiger partial charge in [0, 0.05) is 34.9 Å². The predicted octanol–water partition coefficient (Wildman–Crippen LogP) is 7.62. The van der Waals surface area contributed by atoms with Crippen LogP contribution in [-0.2, 0) is 16.0 Å². The van der Waals surface area contributed by atoms with Gasteiger partial charge in [0.1, 0.15) is 5.82 Å². The van der Waals surface area contributed by atoms with Crippen LogP contribution < -0.4 is 0 Å². The van der Waals surface area contributed by atoms with E-state index < -0.39 is 0 Å². The average Bonchev–Trinajstić information content (AvgIpc) is 3.30. The second-order valence-electron chi connectivity index (χ2n) is 10.5. The summed E-state index contributed by atoms with van der Waals surface area (Å²) < 4.78 is 13.7.